The molecule has 0 spiro atoms. The van der Waals surface area contributed by atoms with Gasteiger partial charge in [-0.25, -0.2) is 0 Å². The predicted molar refractivity (Wildman–Crippen MR) is 63.0 cm³/mol. The molecule has 2 heteroatoms. The minimum atomic E-state index is 0.778. The Balaban J connectivity index is 0.000000144. The van der Waals surface area contributed by atoms with Crippen molar-refractivity contribution >= 4 is 17.0 Å². The van der Waals surface area contributed by atoms with Gasteiger partial charge in [0.05, 0.1) is 0 Å². The minimum Gasteiger partial charge on any atom is -0.396 e. The van der Waals surface area contributed by atoms with Crippen molar-refractivity contribution in [2.24, 2.45) is 5.16 Å². The fourth-order valence-corrected chi connectivity index (χ4v) is 1.40. The van der Waals surface area contributed by atoms with Gasteiger partial charge in [-0.05, 0) is 10.8 Å². The van der Waals surface area contributed by atoms with Crippen molar-refractivity contribution < 1.29 is 4.84 Å². The van der Waals surface area contributed by atoms with Crippen molar-refractivity contribution in [3.63, 3.8) is 0 Å². The standard InChI is InChI=1S/C10H8.C3H5NO/c1-2-6-10-8-4-3-7-9(10)5-1;1-2-4-5-3-1/h1-8H;2H,1,3H2. The minimum absolute atomic E-state index is 0.778. The maximum absolute atomic E-state index is 4.51. The van der Waals surface area contributed by atoms with Crippen LogP contribution in [0.25, 0.3) is 10.8 Å². The van der Waals surface area contributed by atoms with E-state index in [1.165, 1.54) is 10.8 Å². The van der Waals surface area contributed by atoms with Crippen molar-refractivity contribution in [3.8, 4) is 0 Å². The lowest BCUT2D eigenvalue weighted by Crippen LogP contribution is -1.72. The van der Waals surface area contributed by atoms with Crippen LogP contribution in [-0.4, -0.2) is 12.8 Å². The van der Waals surface area contributed by atoms with Crippen molar-refractivity contribution in [3.05, 3.63) is 48.5 Å². The molecule has 2 aromatic carbocycles. The molecule has 0 aliphatic carbocycles. The number of oxime groups is 1. The van der Waals surface area contributed by atoms with Crippen LogP contribution < -0.4 is 0 Å². The second kappa shape index (κ2) is 5.15. The first-order valence-corrected chi connectivity index (χ1v) is 5.04. The Hall–Kier alpha value is -1.83. The number of benzene rings is 2. The zero-order chi connectivity index (χ0) is 10.3. The predicted octanol–water partition coefficient (Wildman–Crippen LogP) is 3.23. The van der Waals surface area contributed by atoms with Gasteiger partial charge in [-0.2, -0.15) is 0 Å². The van der Waals surface area contributed by atoms with E-state index in [1.54, 1.807) is 6.21 Å². The van der Waals surface area contributed by atoms with E-state index in [4.69, 9.17) is 0 Å². The largest absolute Gasteiger partial charge is 0.396 e. The average Bonchev–Trinajstić information content (AvgIpc) is 2.88. The van der Waals surface area contributed by atoms with Crippen LogP contribution in [0.1, 0.15) is 6.42 Å². The van der Waals surface area contributed by atoms with E-state index in [1.807, 2.05) is 0 Å². The summed E-state index contributed by atoms with van der Waals surface area (Å²) in [6.07, 6.45) is 2.75. The molecule has 0 radical (unpaired) electrons. The fourth-order valence-electron chi connectivity index (χ4n) is 1.40. The van der Waals surface area contributed by atoms with Crippen LogP contribution in [0.15, 0.2) is 53.7 Å². The van der Waals surface area contributed by atoms with Crippen LogP contribution in [0.3, 0.4) is 0 Å². The number of rotatable bonds is 0. The molecular weight excluding hydrogens is 186 g/mol. The molecule has 0 fully saturated rings. The molecule has 0 amide bonds. The van der Waals surface area contributed by atoms with Gasteiger partial charge in [0.15, 0.2) is 0 Å². The Bertz CT molecular complexity index is 379. The third kappa shape index (κ3) is 2.81. The summed E-state index contributed by atoms with van der Waals surface area (Å²) in [6.45, 7) is 0.778. The third-order valence-electron chi connectivity index (χ3n) is 2.15. The molecule has 3 rings (SSSR count). The third-order valence-corrected chi connectivity index (χ3v) is 2.15. The summed E-state index contributed by atoms with van der Waals surface area (Å²) in [5, 5.41) is 6.08. The lowest BCUT2D eigenvalue weighted by molar-refractivity contribution is 0.174. The summed E-state index contributed by atoms with van der Waals surface area (Å²) >= 11 is 0. The highest BCUT2D eigenvalue weighted by molar-refractivity contribution is 5.81. The zero-order valence-corrected chi connectivity index (χ0v) is 8.47. The van der Waals surface area contributed by atoms with Gasteiger partial charge in [-0.1, -0.05) is 53.7 Å². The van der Waals surface area contributed by atoms with Gasteiger partial charge in [0.1, 0.15) is 6.61 Å². The van der Waals surface area contributed by atoms with Crippen molar-refractivity contribution in [2.75, 3.05) is 6.61 Å². The summed E-state index contributed by atoms with van der Waals surface area (Å²) in [6, 6.07) is 16.7. The van der Waals surface area contributed by atoms with Crippen LogP contribution >= 0.6 is 0 Å². The molecule has 2 nitrogen and oxygen atoms in total. The van der Waals surface area contributed by atoms with Gasteiger partial charge in [-0.15, -0.1) is 0 Å². The monoisotopic (exact) mass is 199 g/mol. The maximum atomic E-state index is 4.51. The number of hydrogen-bond acceptors (Lipinski definition) is 2. The summed E-state index contributed by atoms with van der Waals surface area (Å²) in [5.41, 5.74) is 0. The first-order valence-electron chi connectivity index (χ1n) is 5.04. The molecule has 15 heavy (non-hydrogen) atoms. The average molecular weight is 199 g/mol. The van der Waals surface area contributed by atoms with Crippen LogP contribution in [0, 0.1) is 0 Å². The number of fused-ring (bicyclic) bond motifs is 1. The Kier molecular flexibility index (Phi) is 3.34. The molecule has 76 valence electrons. The molecule has 2 aromatic rings. The highest BCUT2D eigenvalue weighted by Gasteiger charge is 1.86. The van der Waals surface area contributed by atoms with Gasteiger partial charge in [0, 0.05) is 12.6 Å². The van der Waals surface area contributed by atoms with Crippen LogP contribution in [-0.2, 0) is 4.84 Å². The summed E-state index contributed by atoms with van der Waals surface area (Å²) in [7, 11) is 0. The molecule has 0 unspecified atom stereocenters. The summed E-state index contributed by atoms with van der Waals surface area (Å²) < 4.78 is 0. The van der Waals surface area contributed by atoms with Crippen molar-refractivity contribution in [1.82, 2.24) is 0 Å². The highest BCUT2D eigenvalue weighted by Crippen LogP contribution is 2.11. The Morgan fingerprint density at radius 2 is 1.40 bits per heavy atom. The van der Waals surface area contributed by atoms with Gasteiger partial charge < -0.3 is 4.84 Å². The van der Waals surface area contributed by atoms with Crippen LogP contribution in [0.2, 0.25) is 0 Å². The Morgan fingerprint density at radius 3 is 1.67 bits per heavy atom. The van der Waals surface area contributed by atoms with E-state index in [0.717, 1.165) is 13.0 Å². The van der Waals surface area contributed by atoms with E-state index < -0.39 is 0 Å². The zero-order valence-electron chi connectivity index (χ0n) is 8.47. The Morgan fingerprint density at radius 1 is 0.867 bits per heavy atom. The lowest BCUT2D eigenvalue weighted by atomic mass is 10.1. The van der Waals surface area contributed by atoms with E-state index in [2.05, 4.69) is 58.5 Å². The van der Waals surface area contributed by atoms with E-state index >= 15 is 0 Å². The number of nitrogens with zero attached hydrogens (tertiary/aromatic N) is 1. The molecule has 0 bridgehead atoms. The molecule has 0 saturated heterocycles. The molecule has 0 atom stereocenters. The Labute approximate surface area is 89.2 Å². The quantitative estimate of drug-likeness (QED) is 0.638. The van der Waals surface area contributed by atoms with Gasteiger partial charge in [0.25, 0.3) is 0 Å². The normalized spacial score (nSPS) is 13.1. The molecule has 1 aliphatic heterocycles. The van der Waals surface area contributed by atoms with Crippen molar-refractivity contribution in [1.29, 1.82) is 0 Å². The van der Waals surface area contributed by atoms with Gasteiger partial charge in [-0.3, -0.25) is 0 Å². The lowest BCUT2D eigenvalue weighted by Gasteiger charge is -1.92. The summed E-state index contributed by atoms with van der Waals surface area (Å²) in [5.74, 6) is 0. The van der Waals surface area contributed by atoms with Gasteiger partial charge >= 0.3 is 0 Å². The van der Waals surface area contributed by atoms with E-state index in [0.29, 0.717) is 0 Å². The summed E-state index contributed by atoms with van der Waals surface area (Å²) in [4.78, 5) is 4.51. The van der Waals surface area contributed by atoms with Crippen molar-refractivity contribution in [2.45, 2.75) is 6.42 Å². The topological polar surface area (TPSA) is 21.6 Å². The number of hydrogen-bond donors (Lipinski definition) is 0. The smallest absolute Gasteiger partial charge is 0.122 e. The molecule has 1 heterocycles. The van der Waals surface area contributed by atoms with E-state index in [9.17, 15) is 0 Å². The molecule has 0 N–H and O–H groups in total. The van der Waals surface area contributed by atoms with E-state index in [-0.39, 0.29) is 0 Å². The molecule has 0 saturated carbocycles. The fraction of sp³-hybridized carbons (Fsp3) is 0.154. The van der Waals surface area contributed by atoms with Crippen LogP contribution in [0.4, 0.5) is 0 Å². The SMILES string of the molecule is C1=NOCC1.c1ccc2ccccc2c1. The maximum Gasteiger partial charge on any atom is 0.122 e. The first-order chi connectivity index (χ1) is 7.47. The molecule has 1 aliphatic rings. The van der Waals surface area contributed by atoms with Crippen LogP contribution in [0.5, 0.6) is 0 Å². The van der Waals surface area contributed by atoms with Gasteiger partial charge in [0.2, 0.25) is 0 Å². The second-order valence-electron chi connectivity index (χ2n) is 3.26. The highest BCUT2D eigenvalue weighted by atomic mass is 16.6. The molecule has 0 aromatic heterocycles. The first kappa shape index (κ1) is 9.71. The molecular formula is C13H13NO. The second-order valence-corrected chi connectivity index (χ2v) is 3.26.